The lowest BCUT2D eigenvalue weighted by Gasteiger charge is -2.34. The number of nitrogens with one attached hydrogen (secondary N) is 1. The van der Waals surface area contributed by atoms with Gasteiger partial charge in [0.1, 0.15) is 0 Å². The van der Waals surface area contributed by atoms with E-state index in [9.17, 15) is 0 Å². The zero-order valence-electron chi connectivity index (χ0n) is 12.0. The van der Waals surface area contributed by atoms with Crippen molar-refractivity contribution in [1.29, 1.82) is 0 Å². The fourth-order valence-corrected chi connectivity index (χ4v) is 2.25. The van der Waals surface area contributed by atoms with Crippen LogP contribution in [0.4, 0.5) is 0 Å². The van der Waals surface area contributed by atoms with Gasteiger partial charge in [-0.05, 0) is 35.9 Å². The van der Waals surface area contributed by atoms with E-state index in [1.54, 1.807) is 0 Å². The van der Waals surface area contributed by atoms with Crippen molar-refractivity contribution in [2.45, 2.75) is 53.5 Å². The highest BCUT2D eigenvalue weighted by Gasteiger charge is 2.28. The van der Waals surface area contributed by atoms with Crippen LogP contribution >= 0.6 is 0 Å². The summed E-state index contributed by atoms with van der Waals surface area (Å²) < 4.78 is 0. The third-order valence-corrected chi connectivity index (χ3v) is 3.79. The van der Waals surface area contributed by atoms with Crippen molar-refractivity contribution in [3.63, 3.8) is 0 Å². The first-order valence-electron chi connectivity index (χ1n) is 6.87. The molecule has 17 heavy (non-hydrogen) atoms. The Balaban J connectivity index is 3.04. The van der Waals surface area contributed by atoms with Gasteiger partial charge in [0.15, 0.2) is 0 Å². The standard InChI is InChI=1S/C16H27N/c1-6-13-10-9-11-14(12-13)15(17-8-3)16(4,5)7-2/h9-12,15,17H,6-8H2,1-5H3. The normalized spacial score (nSPS) is 13.7. The molecule has 1 rings (SSSR count). The van der Waals surface area contributed by atoms with Gasteiger partial charge in [-0.15, -0.1) is 0 Å². The maximum absolute atomic E-state index is 3.64. The molecular weight excluding hydrogens is 206 g/mol. The predicted octanol–water partition coefficient (Wildman–Crippen LogP) is 4.34. The van der Waals surface area contributed by atoms with Crippen molar-refractivity contribution >= 4 is 0 Å². The Labute approximate surface area is 107 Å². The summed E-state index contributed by atoms with van der Waals surface area (Å²) in [6, 6.07) is 9.45. The summed E-state index contributed by atoms with van der Waals surface area (Å²) >= 11 is 0. The van der Waals surface area contributed by atoms with E-state index in [1.165, 1.54) is 17.5 Å². The van der Waals surface area contributed by atoms with Crippen LogP contribution < -0.4 is 5.32 Å². The summed E-state index contributed by atoms with van der Waals surface area (Å²) in [4.78, 5) is 0. The zero-order chi connectivity index (χ0) is 12.9. The van der Waals surface area contributed by atoms with Crippen molar-refractivity contribution in [2.24, 2.45) is 5.41 Å². The largest absolute Gasteiger partial charge is 0.310 e. The lowest BCUT2D eigenvalue weighted by molar-refractivity contribution is 0.237. The summed E-state index contributed by atoms with van der Waals surface area (Å²) in [5, 5.41) is 3.64. The average Bonchev–Trinajstić information content (AvgIpc) is 2.35. The lowest BCUT2D eigenvalue weighted by atomic mass is 9.78. The van der Waals surface area contributed by atoms with Gasteiger partial charge in [0, 0.05) is 6.04 Å². The second-order valence-corrected chi connectivity index (χ2v) is 5.43. The van der Waals surface area contributed by atoms with Crippen LogP contribution in [0.2, 0.25) is 0 Å². The van der Waals surface area contributed by atoms with Crippen LogP contribution in [-0.4, -0.2) is 6.54 Å². The van der Waals surface area contributed by atoms with Crippen LogP contribution in [0, 0.1) is 5.41 Å². The predicted molar refractivity (Wildman–Crippen MR) is 76.3 cm³/mol. The minimum atomic E-state index is 0.294. The van der Waals surface area contributed by atoms with E-state index in [1.807, 2.05) is 0 Å². The molecule has 1 N–H and O–H groups in total. The Bertz CT molecular complexity index is 341. The Hall–Kier alpha value is -0.820. The molecule has 0 aliphatic carbocycles. The third kappa shape index (κ3) is 3.57. The van der Waals surface area contributed by atoms with Gasteiger partial charge in [-0.25, -0.2) is 0 Å². The van der Waals surface area contributed by atoms with Crippen LogP contribution in [0.3, 0.4) is 0 Å². The minimum absolute atomic E-state index is 0.294. The Morgan fingerprint density at radius 3 is 2.41 bits per heavy atom. The molecule has 1 atom stereocenters. The highest BCUT2D eigenvalue weighted by Crippen LogP contribution is 2.36. The number of hydrogen-bond acceptors (Lipinski definition) is 1. The molecule has 0 saturated carbocycles. The summed E-state index contributed by atoms with van der Waals surface area (Å²) in [6.45, 7) is 12.4. The van der Waals surface area contributed by atoms with Crippen molar-refractivity contribution in [2.75, 3.05) is 6.54 Å². The van der Waals surface area contributed by atoms with Crippen LogP contribution in [0.15, 0.2) is 24.3 Å². The first kappa shape index (κ1) is 14.2. The Morgan fingerprint density at radius 1 is 1.18 bits per heavy atom. The molecule has 0 aromatic heterocycles. The molecule has 1 aromatic rings. The molecule has 0 saturated heterocycles. The average molecular weight is 233 g/mol. The monoisotopic (exact) mass is 233 g/mol. The molecule has 1 nitrogen and oxygen atoms in total. The fourth-order valence-electron chi connectivity index (χ4n) is 2.25. The van der Waals surface area contributed by atoms with Crippen molar-refractivity contribution in [1.82, 2.24) is 5.32 Å². The van der Waals surface area contributed by atoms with Gasteiger partial charge < -0.3 is 5.32 Å². The van der Waals surface area contributed by atoms with Gasteiger partial charge in [-0.2, -0.15) is 0 Å². The molecule has 0 fully saturated rings. The van der Waals surface area contributed by atoms with Crippen LogP contribution in [0.25, 0.3) is 0 Å². The highest BCUT2D eigenvalue weighted by atomic mass is 14.9. The fraction of sp³-hybridized carbons (Fsp3) is 0.625. The molecule has 1 heteroatoms. The molecule has 1 aromatic carbocycles. The molecule has 1 unspecified atom stereocenters. The van der Waals surface area contributed by atoms with Gasteiger partial charge in [-0.3, -0.25) is 0 Å². The van der Waals surface area contributed by atoms with Gasteiger partial charge in [-0.1, -0.05) is 58.9 Å². The SMILES string of the molecule is CCNC(c1cccc(CC)c1)C(C)(C)CC. The van der Waals surface area contributed by atoms with Crippen LogP contribution in [0.5, 0.6) is 0 Å². The van der Waals surface area contributed by atoms with E-state index in [2.05, 4.69) is 64.2 Å². The molecule has 96 valence electrons. The topological polar surface area (TPSA) is 12.0 Å². The number of hydrogen-bond donors (Lipinski definition) is 1. The smallest absolute Gasteiger partial charge is 0.0371 e. The van der Waals surface area contributed by atoms with Crippen molar-refractivity contribution in [3.05, 3.63) is 35.4 Å². The van der Waals surface area contributed by atoms with Gasteiger partial charge in [0.25, 0.3) is 0 Å². The van der Waals surface area contributed by atoms with E-state index in [-0.39, 0.29) is 0 Å². The highest BCUT2D eigenvalue weighted by molar-refractivity contribution is 5.27. The molecule has 0 radical (unpaired) electrons. The maximum Gasteiger partial charge on any atom is 0.0371 e. The molecule has 0 heterocycles. The van der Waals surface area contributed by atoms with E-state index in [0.717, 1.165) is 13.0 Å². The Morgan fingerprint density at radius 2 is 1.88 bits per heavy atom. The number of rotatable bonds is 6. The molecule has 0 aliphatic rings. The summed E-state index contributed by atoms with van der Waals surface area (Å²) in [5.41, 5.74) is 3.15. The van der Waals surface area contributed by atoms with Gasteiger partial charge in [0.2, 0.25) is 0 Å². The Kier molecular flexibility index (Phi) is 5.20. The summed E-state index contributed by atoms with van der Waals surface area (Å²) in [7, 11) is 0. The lowest BCUT2D eigenvalue weighted by Crippen LogP contribution is -2.33. The molecule has 0 aliphatic heterocycles. The summed E-state index contributed by atoms with van der Waals surface area (Å²) in [6.07, 6.45) is 2.29. The van der Waals surface area contributed by atoms with E-state index in [0.29, 0.717) is 11.5 Å². The molecule has 0 spiro atoms. The first-order chi connectivity index (χ1) is 8.05. The second-order valence-electron chi connectivity index (χ2n) is 5.43. The summed E-state index contributed by atoms with van der Waals surface area (Å²) in [5.74, 6) is 0. The van der Waals surface area contributed by atoms with Crippen molar-refractivity contribution in [3.8, 4) is 0 Å². The first-order valence-corrected chi connectivity index (χ1v) is 6.87. The van der Waals surface area contributed by atoms with Gasteiger partial charge >= 0.3 is 0 Å². The van der Waals surface area contributed by atoms with Crippen molar-refractivity contribution < 1.29 is 0 Å². The van der Waals surface area contributed by atoms with E-state index < -0.39 is 0 Å². The maximum atomic E-state index is 3.64. The number of aryl methyl sites for hydroxylation is 1. The zero-order valence-corrected chi connectivity index (χ0v) is 12.0. The number of benzene rings is 1. The van der Waals surface area contributed by atoms with Crippen LogP contribution in [-0.2, 0) is 6.42 Å². The van der Waals surface area contributed by atoms with E-state index in [4.69, 9.17) is 0 Å². The van der Waals surface area contributed by atoms with Crippen LogP contribution in [0.1, 0.15) is 58.2 Å². The molecule has 0 bridgehead atoms. The molecule has 0 amide bonds. The van der Waals surface area contributed by atoms with Gasteiger partial charge in [0.05, 0.1) is 0 Å². The quantitative estimate of drug-likeness (QED) is 0.771. The second kappa shape index (κ2) is 6.20. The minimum Gasteiger partial charge on any atom is -0.310 e. The third-order valence-electron chi connectivity index (χ3n) is 3.79. The van der Waals surface area contributed by atoms with E-state index >= 15 is 0 Å². The molecular formula is C16H27N.